The summed E-state index contributed by atoms with van der Waals surface area (Å²) in [7, 11) is 0. The second-order valence-corrected chi connectivity index (χ2v) is 7.14. The molecule has 1 atom stereocenters. The first-order chi connectivity index (χ1) is 11.6. The Morgan fingerprint density at radius 3 is 2.40 bits per heavy atom. The standard InChI is InChI=1S/C17H24N4O4/c1-16(2,11-17(3,4)20-21-18)13(14(22)23)19-15(24)25-10-12-8-6-5-7-9-12/h5-9,13H,10-11H2,1-4H3,(H,19,24)(H,22,23). The van der Waals surface area contributed by atoms with Crippen LogP contribution in [0.3, 0.4) is 0 Å². The number of benzene rings is 1. The number of aliphatic carboxylic acids is 1. The molecule has 25 heavy (non-hydrogen) atoms. The van der Waals surface area contributed by atoms with E-state index in [1.54, 1.807) is 39.8 Å². The highest BCUT2D eigenvalue weighted by Gasteiger charge is 2.40. The van der Waals surface area contributed by atoms with E-state index in [0.717, 1.165) is 5.56 Å². The summed E-state index contributed by atoms with van der Waals surface area (Å²) in [6, 6.07) is 7.89. The fraction of sp³-hybridized carbons (Fsp3) is 0.529. The van der Waals surface area contributed by atoms with E-state index >= 15 is 0 Å². The summed E-state index contributed by atoms with van der Waals surface area (Å²) in [4.78, 5) is 26.4. The van der Waals surface area contributed by atoms with Gasteiger partial charge in [-0.25, -0.2) is 9.59 Å². The molecule has 1 aromatic rings. The monoisotopic (exact) mass is 348 g/mol. The molecule has 0 heterocycles. The molecule has 0 bridgehead atoms. The number of nitrogens with one attached hydrogen (secondary N) is 1. The predicted molar refractivity (Wildman–Crippen MR) is 92.8 cm³/mol. The topological polar surface area (TPSA) is 124 Å². The van der Waals surface area contributed by atoms with Gasteiger partial charge in [-0.05, 0) is 22.9 Å². The van der Waals surface area contributed by atoms with E-state index in [1.165, 1.54) is 0 Å². The predicted octanol–water partition coefficient (Wildman–Crippen LogP) is 3.87. The van der Waals surface area contributed by atoms with Gasteiger partial charge in [0.15, 0.2) is 0 Å². The Balaban J connectivity index is 2.76. The van der Waals surface area contributed by atoms with Crippen molar-refractivity contribution in [1.29, 1.82) is 0 Å². The van der Waals surface area contributed by atoms with Crippen molar-refractivity contribution >= 4 is 12.1 Å². The van der Waals surface area contributed by atoms with Crippen LogP contribution < -0.4 is 5.32 Å². The fourth-order valence-electron chi connectivity index (χ4n) is 2.85. The Morgan fingerprint density at radius 2 is 1.88 bits per heavy atom. The molecular weight excluding hydrogens is 324 g/mol. The molecule has 0 aliphatic heterocycles. The lowest BCUT2D eigenvalue weighted by Crippen LogP contribution is -2.52. The number of amides is 1. The number of hydrogen-bond donors (Lipinski definition) is 2. The van der Waals surface area contributed by atoms with Gasteiger partial charge in [0, 0.05) is 10.5 Å². The summed E-state index contributed by atoms with van der Waals surface area (Å²) in [5, 5.41) is 15.6. The molecule has 0 aromatic heterocycles. The molecule has 0 aliphatic rings. The van der Waals surface area contributed by atoms with Gasteiger partial charge >= 0.3 is 12.1 Å². The molecule has 8 nitrogen and oxygen atoms in total. The minimum absolute atomic E-state index is 0.0453. The first kappa shape index (κ1) is 20.3. The van der Waals surface area contributed by atoms with E-state index in [9.17, 15) is 14.7 Å². The van der Waals surface area contributed by atoms with E-state index in [1.807, 2.05) is 18.2 Å². The van der Waals surface area contributed by atoms with Gasteiger partial charge in [-0.15, -0.1) is 0 Å². The second-order valence-electron chi connectivity index (χ2n) is 7.14. The van der Waals surface area contributed by atoms with E-state index in [-0.39, 0.29) is 13.0 Å². The van der Waals surface area contributed by atoms with Crippen LogP contribution in [-0.2, 0) is 16.1 Å². The zero-order valence-corrected chi connectivity index (χ0v) is 14.9. The number of ether oxygens (including phenoxy) is 1. The Kier molecular flexibility index (Phi) is 6.82. The number of carbonyl (C=O) groups is 2. The molecule has 136 valence electrons. The number of alkyl carbamates (subject to hydrolysis) is 1. The van der Waals surface area contributed by atoms with Gasteiger partial charge in [0.05, 0.1) is 0 Å². The number of rotatable bonds is 8. The molecule has 0 fully saturated rings. The smallest absolute Gasteiger partial charge is 0.408 e. The molecule has 0 radical (unpaired) electrons. The highest BCUT2D eigenvalue weighted by Crippen LogP contribution is 2.33. The molecule has 1 unspecified atom stereocenters. The number of carbonyl (C=O) groups excluding carboxylic acids is 1. The fourth-order valence-corrected chi connectivity index (χ4v) is 2.85. The second kappa shape index (κ2) is 8.39. The van der Waals surface area contributed by atoms with Gasteiger partial charge in [-0.1, -0.05) is 63.1 Å². The van der Waals surface area contributed by atoms with Crippen LogP contribution in [0.5, 0.6) is 0 Å². The summed E-state index contributed by atoms with van der Waals surface area (Å²) in [6.07, 6.45) is -0.550. The third-order valence-corrected chi connectivity index (χ3v) is 3.71. The normalized spacial score (nSPS) is 12.6. The zero-order chi connectivity index (χ0) is 19.1. The molecule has 2 N–H and O–H groups in total. The Morgan fingerprint density at radius 1 is 1.28 bits per heavy atom. The third-order valence-electron chi connectivity index (χ3n) is 3.71. The highest BCUT2D eigenvalue weighted by atomic mass is 16.5. The molecule has 0 aliphatic carbocycles. The summed E-state index contributed by atoms with van der Waals surface area (Å²) >= 11 is 0. The number of carboxylic acids is 1. The summed E-state index contributed by atoms with van der Waals surface area (Å²) in [6.45, 7) is 6.85. The van der Waals surface area contributed by atoms with Gasteiger partial charge < -0.3 is 15.2 Å². The minimum Gasteiger partial charge on any atom is -0.480 e. The molecule has 0 saturated carbocycles. The van der Waals surface area contributed by atoms with Gasteiger partial charge in [0.1, 0.15) is 12.6 Å². The van der Waals surface area contributed by atoms with Crippen molar-refractivity contribution in [2.24, 2.45) is 10.5 Å². The van der Waals surface area contributed by atoms with Crippen LogP contribution in [0.1, 0.15) is 39.7 Å². The van der Waals surface area contributed by atoms with Gasteiger partial charge in [-0.2, -0.15) is 0 Å². The summed E-state index contributed by atoms with van der Waals surface area (Å²) in [5.74, 6) is -1.18. The first-order valence-electron chi connectivity index (χ1n) is 7.84. The SMILES string of the molecule is CC(C)(CC(C)(C)C(NC(=O)OCc1ccccc1)C(=O)O)N=[N+]=[N-]. The zero-order valence-electron chi connectivity index (χ0n) is 14.9. The van der Waals surface area contributed by atoms with Crippen LogP contribution in [0.2, 0.25) is 0 Å². The Bertz CT molecular complexity index is 652. The Hall–Kier alpha value is -2.73. The maximum Gasteiger partial charge on any atom is 0.408 e. The molecular formula is C17H24N4O4. The van der Waals surface area contributed by atoms with Crippen molar-refractivity contribution in [3.63, 3.8) is 0 Å². The average molecular weight is 348 g/mol. The molecule has 0 saturated heterocycles. The lowest BCUT2D eigenvalue weighted by atomic mass is 9.75. The third kappa shape index (κ3) is 6.73. The largest absolute Gasteiger partial charge is 0.480 e. The van der Waals surface area contributed by atoms with E-state index in [4.69, 9.17) is 10.3 Å². The van der Waals surface area contributed by atoms with E-state index in [2.05, 4.69) is 15.3 Å². The average Bonchev–Trinajstić information content (AvgIpc) is 2.50. The van der Waals surface area contributed by atoms with Crippen molar-refractivity contribution in [2.75, 3.05) is 0 Å². The lowest BCUT2D eigenvalue weighted by molar-refractivity contribution is -0.142. The molecule has 0 spiro atoms. The summed E-state index contributed by atoms with van der Waals surface area (Å²) in [5.41, 5.74) is 7.77. The number of hydrogen-bond acceptors (Lipinski definition) is 4. The Labute approximate surface area is 146 Å². The first-order valence-corrected chi connectivity index (χ1v) is 7.84. The molecule has 1 amide bonds. The van der Waals surface area contributed by atoms with Crippen LogP contribution in [-0.4, -0.2) is 28.7 Å². The van der Waals surface area contributed by atoms with Crippen LogP contribution >= 0.6 is 0 Å². The lowest BCUT2D eigenvalue weighted by Gasteiger charge is -2.36. The van der Waals surface area contributed by atoms with Gasteiger partial charge in [0.2, 0.25) is 0 Å². The van der Waals surface area contributed by atoms with E-state index < -0.39 is 29.1 Å². The van der Waals surface area contributed by atoms with Gasteiger partial charge in [-0.3, -0.25) is 0 Å². The number of nitrogens with zero attached hydrogens (tertiary/aromatic N) is 3. The van der Waals surface area contributed by atoms with Crippen molar-refractivity contribution < 1.29 is 19.4 Å². The van der Waals surface area contributed by atoms with Crippen LogP contribution in [0.15, 0.2) is 35.4 Å². The maximum atomic E-state index is 12.0. The quantitative estimate of drug-likeness (QED) is 0.420. The minimum atomic E-state index is -1.19. The van der Waals surface area contributed by atoms with Crippen molar-refractivity contribution in [3.05, 3.63) is 46.3 Å². The highest BCUT2D eigenvalue weighted by molar-refractivity contribution is 5.80. The van der Waals surface area contributed by atoms with E-state index in [0.29, 0.717) is 0 Å². The summed E-state index contributed by atoms with van der Waals surface area (Å²) < 4.78 is 5.09. The van der Waals surface area contributed by atoms with Gasteiger partial charge in [0.25, 0.3) is 0 Å². The number of azide groups is 1. The number of carboxylic acid groups (broad SMARTS) is 1. The van der Waals surface area contributed by atoms with Crippen LogP contribution in [0.25, 0.3) is 10.4 Å². The molecule has 1 rings (SSSR count). The van der Waals surface area contributed by atoms with Crippen molar-refractivity contribution in [1.82, 2.24) is 5.32 Å². The van der Waals surface area contributed by atoms with Crippen LogP contribution in [0, 0.1) is 5.41 Å². The van der Waals surface area contributed by atoms with Crippen LogP contribution in [0.4, 0.5) is 4.79 Å². The molecule has 8 heteroatoms. The van der Waals surface area contributed by atoms with Crippen molar-refractivity contribution in [3.8, 4) is 0 Å². The van der Waals surface area contributed by atoms with Crippen molar-refractivity contribution in [2.45, 2.75) is 52.3 Å². The maximum absolute atomic E-state index is 12.0. The molecule has 1 aromatic carbocycles.